The molecule has 0 aromatic carbocycles. The quantitative estimate of drug-likeness (QED) is 0.518. The molecular formula is C19H21N3O2S2. The van der Waals surface area contributed by atoms with Gasteiger partial charge in [0.1, 0.15) is 21.4 Å². The minimum atomic E-state index is -0.140. The number of aromatic nitrogens is 2. The number of fused-ring (bicyclic) bond motifs is 3. The van der Waals surface area contributed by atoms with Crippen LogP contribution in [0.1, 0.15) is 47.8 Å². The Balaban J connectivity index is 1.51. The minimum Gasteiger partial charge on any atom is -0.467 e. The average molecular weight is 388 g/mol. The second kappa shape index (κ2) is 7.40. The van der Waals surface area contributed by atoms with E-state index < -0.39 is 0 Å². The van der Waals surface area contributed by atoms with Crippen LogP contribution in [0.25, 0.3) is 10.2 Å². The number of aryl methyl sites for hydroxylation is 3. The summed E-state index contributed by atoms with van der Waals surface area (Å²) in [4.78, 5) is 24.1. The van der Waals surface area contributed by atoms with Crippen LogP contribution in [0, 0.1) is 6.92 Å². The van der Waals surface area contributed by atoms with E-state index in [4.69, 9.17) is 4.42 Å². The van der Waals surface area contributed by atoms with Gasteiger partial charge in [0.15, 0.2) is 0 Å². The highest BCUT2D eigenvalue weighted by Gasteiger charge is 2.21. The van der Waals surface area contributed by atoms with Crippen LogP contribution in [0.15, 0.2) is 27.8 Å². The van der Waals surface area contributed by atoms with Crippen LogP contribution >= 0.6 is 23.1 Å². The van der Waals surface area contributed by atoms with Gasteiger partial charge < -0.3 is 9.73 Å². The first kappa shape index (κ1) is 17.5. The standard InChI is InChI=1S/C19H21N3O2S2/c1-11(14-7-5-9-24-14)20-16(23)10-25-18-17-13-6-3-4-8-15(13)26-19(17)22-12(2)21-18/h5,7,9,11H,3-4,6,8,10H2,1-2H3,(H,20,23)/t11-/m1/s1. The summed E-state index contributed by atoms with van der Waals surface area (Å²) in [6.45, 7) is 3.84. The Morgan fingerprint density at radius 1 is 1.38 bits per heavy atom. The van der Waals surface area contributed by atoms with Crippen molar-refractivity contribution < 1.29 is 9.21 Å². The smallest absolute Gasteiger partial charge is 0.230 e. The average Bonchev–Trinajstić information content (AvgIpc) is 3.26. The van der Waals surface area contributed by atoms with Gasteiger partial charge in [0, 0.05) is 10.3 Å². The molecule has 3 aromatic heterocycles. The van der Waals surface area contributed by atoms with Gasteiger partial charge in [-0.1, -0.05) is 11.8 Å². The number of furan rings is 1. The lowest BCUT2D eigenvalue weighted by Gasteiger charge is -2.13. The van der Waals surface area contributed by atoms with Gasteiger partial charge in [0.2, 0.25) is 5.91 Å². The molecule has 0 fully saturated rings. The molecule has 3 heterocycles. The van der Waals surface area contributed by atoms with Crippen molar-refractivity contribution in [2.45, 2.75) is 50.6 Å². The molecule has 0 saturated heterocycles. The molecule has 1 atom stereocenters. The van der Waals surface area contributed by atoms with Gasteiger partial charge in [-0.3, -0.25) is 4.79 Å². The first-order chi connectivity index (χ1) is 12.6. The third-order valence-corrected chi connectivity index (χ3v) is 6.74. The molecule has 1 aliphatic rings. The van der Waals surface area contributed by atoms with E-state index >= 15 is 0 Å². The van der Waals surface area contributed by atoms with Crippen molar-refractivity contribution in [3.8, 4) is 0 Å². The molecule has 7 heteroatoms. The van der Waals surface area contributed by atoms with E-state index in [1.165, 1.54) is 40.4 Å². The lowest BCUT2D eigenvalue weighted by molar-refractivity contribution is -0.119. The highest BCUT2D eigenvalue weighted by molar-refractivity contribution is 8.00. The van der Waals surface area contributed by atoms with Crippen molar-refractivity contribution in [1.82, 2.24) is 15.3 Å². The summed E-state index contributed by atoms with van der Waals surface area (Å²) >= 11 is 3.30. The van der Waals surface area contributed by atoms with Gasteiger partial charge >= 0.3 is 0 Å². The summed E-state index contributed by atoms with van der Waals surface area (Å²) in [5.41, 5.74) is 1.41. The third kappa shape index (κ3) is 3.50. The molecule has 0 radical (unpaired) electrons. The summed E-state index contributed by atoms with van der Waals surface area (Å²) in [6, 6.07) is 3.55. The minimum absolute atomic E-state index is 0.0209. The zero-order chi connectivity index (χ0) is 18.1. The molecule has 0 saturated carbocycles. The van der Waals surface area contributed by atoms with E-state index in [1.54, 1.807) is 17.6 Å². The maximum absolute atomic E-state index is 12.4. The van der Waals surface area contributed by atoms with E-state index in [9.17, 15) is 4.79 Å². The Hall–Kier alpha value is -1.86. The number of carbonyl (C=O) groups excluding carboxylic acids is 1. The SMILES string of the molecule is Cc1nc(SCC(=O)N[C@H](C)c2ccco2)c2c3c(sc2n1)CCCC3. The Kier molecular flexibility index (Phi) is 5.00. The number of hydrogen-bond donors (Lipinski definition) is 1. The molecule has 5 nitrogen and oxygen atoms in total. The molecule has 136 valence electrons. The van der Waals surface area contributed by atoms with Gasteiger partial charge in [-0.05, 0) is 57.2 Å². The van der Waals surface area contributed by atoms with Crippen molar-refractivity contribution >= 4 is 39.2 Å². The van der Waals surface area contributed by atoms with Crippen molar-refractivity contribution in [2.75, 3.05) is 5.75 Å². The molecule has 0 unspecified atom stereocenters. The van der Waals surface area contributed by atoms with Crippen molar-refractivity contribution in [2.24, 2.45) is 0 Å². The van der Waals surface area contributed by atoms with E-state index in [1.807, 2.05) is 26.0 Å². The Morgan fingerprint density at radius 2 is 2.23 bits per heavy atom. The number of amides is 1. The Labute approximate surface area is 160 Å². The fraction of sp³-hybridized carbons (Fsp3) is 0.421. The molecular weight excluding hydrogens is 366 g/mol. The highest BCUT2D eigenvalue weighted by Crippen LogP contribution is 2.39. The van der Waals surface area contributed by atoms with E-state index in [0.29, 0.717) is 5.75 Å². The largest absolute Gasteiger partial charge is 0.467 e. The summed E-state index contributed by atoms with van der Waals surface area (Å²) in [5, 5.41) is 5.09. The molecule has 1 N–H and O–H groups in total. The fourth-order valence-corrected chi connectivity index (χ4v) is 5.64. The number of thiophene rings is 1. The molecule has 3 aromatic rings. The molecule has 0 aliphatic heterocycles. The maximum Gasteiger partial charge on any atom is 0.230 e. The number of thioether (sulfide) groups is 1. The topological polar surface area (TPSA) is 68.0 Å². The van der Waals surface area contributed by atoms with Gasteiger partial charge in [-0.2, -0.15) is 0 Å². The summed E-state index contributed by atoms with van der Waals surface area (Å²) < 4.78 is 5.34. The van der Waals surface area contributed by atoms with Gasteiger partial charge in [-0.25, -0.2) is 9.97 Å². The normalized spacial score (nSPS) is 15.0. The lowest BCUT2D eigenvalue weighted by atomic mass is 9.97. The number of carbonyl (C=O) groups is 1. The lowest BCUT2D eigenvalue weighted by Crippen LogP contribution is -2.28. The van der Waals surface area contributed by atoms with Gasteiger partial charge in [-0.15, -0.1) is 11.3 Å². The first-order valence-corrected chi connectivity index (χ1v) is 10.7. The fourth-order valence-electron chi connectivity index (χ4n) is 3.36. The summed E-state index contributed by atoms with van der Waals surface area (Å²) in [7, 11) is 0. The molecule has 0 bridgehead atoms. The maximum atomic E-state index is 12.4. The number of rotatable bonds is 5. The first-order valence-electron chi connectivity index (χ1n) is 8.86. The van der Waals surface area contributed by atoms with Crippen LogP contribution in [-0.2, 0) is 17.6 Å². The van der Waals surface area contributed by atoms with Gasteiger partial charge in [0.25, 0.3) is 0 Å². The second-order valence-corrected chi connectivity index (χ2v) is 8.61. The Morgan fingerprint density at radius 3 is 3.04 bits per heavy atom. The van der Waals surface area contributed by atoms with E-state index in [0.717, 1.165) is 34.3 Å². The van der Waals surface area contributed by atoms with E-state index in [2.05, 4.69) is 15.3 Å². The number of nitrogens with one attached hydrogen (secondary N) is 1. The van der Waals surface area contributed by atoms with Crippen LogP contribution in [0.2, 0.25) is 0 Å². The highest BCUT2D eigenvalue weighted by atomic mass is 32.2. The van der Waals surface area contributed by atoms with Crippen LogP contribution < -0.4 is 5.32 Å². The Bertz CT molecular complexity index is 934. The number of nitrogens with zero attached hydrogens (tertiary/aromatic N) is 2. The van der Waals surface area contributed by atoms with E-state index in [-0.39, 0.29) is 11.9 Å². The van der Waals surface area contributed by atoms with Crippen molar-refractivity contribution in [3.63, 3.8) is 0 Å². The predicted molar refractivity (Wildman–Crippen MR) is 105 cm³/mol. The monoisotopic (exact) mass is 387 g/mol. The number of hydrogen-bond acceptors (Lipinski definition) is 6. The predicted octanol–water partition coefficient (Wildman–Crippen LogP) is 4.44. The van der Waals surface area contributed by atoms with Crippen LogP contribution in [0.4, 0.5) is 0 Å². The summed E-state index contributed by atoms with van der Waals surface area (Å²) in [5.74, 6) is 1.84. The summed E-state index contributed by atoms with van der Waals surface area (Å²) in [6.07, 6.45) is 6.32. The molecule has 0 spiro atoms. The zero-order valence-corrected chi connectivity index (χ0v) is 16.5. The molecule has 26 heavy (non-hydrogen) atoms. The van der Waals surface area contributed by atoms with Crippen molar-refractivity contribution in [3.05, 3.63) is 40.4 Å². The molecule has 1 amide bonds. The van der Waals surface area contributed by atoms with Crippen LogP contribution in [0.3, 0.4) is 0 Å². The van der Waals surface area contributed by atoms with Crippen LogP contribution in [-0.4, -0.2) is 21.6 Å². The van der Waals surface area contributed by atoms with Crippen LogP contribution in [0.5, 0.6) is 0 Å². The molecule has 4 rings (SSSR count). The third-order valence-electron chi connectivity index (χ3n) is 4.58. The second-order valence-electron chi connectivity index (χ2n) is 6.56. The molecule has 1 aliphatic carbocycles. The van der Waals surface area contributed by atoms with Gasteiger partial charge in [0.05, 0.1) is 18.1 Å². The zero-order valence-electron chi connectivity index (χ0n) is 14.9. The van der Waals surface area contributed by atoms with Crippen molar-refractivity contribution in [1.29, 1.82) is 0 Å².